The Morgan fingerprint density at radius 3 is 2.51 bits per heavy atom. The Balaban J connectivity index is 1.35. The highest BCUT2D eigenvalue weighted by molar-refractivity contribution is 5.89. The van der Waals surface area contributed by atoms with E-state index in [-0.39, 0.29) is 30.3 Å². The molecule has 2 fully saturated rings. The van der Waals surface area contributed by atoms with Crippen LogP contribution in [0.4, 0.5) is 19.3 Å². The minimum Gasteiger partial charge on any atom is -0.395 e. The lowest BCUT2D eigenvalue weighted by Gasteiger charge is -2.57. The van der Waals surface area contributed by atoms with E-state index >= 15 is 0 Å². The van der Waals surface area contributed by atoms with Crippen molar-refractivity contribution in [3.63, 3.8) is 0 Å². The van der Waals surface area contributed by atoms with Gasteiger partial charge in [0.15, 0.2) is 0 Å². The number of nitrogens with zero attached hydrogens (tertiary/aromatic N) is 4. The lowest BCUT2D eigenvalue weighted by molar-refractivity contribution is -0.0585. The Labute approximate surface area is 202 Å². The fraction of sp³-hybridized carbons (Fsp3) is 0.346. The summed E-state index contributed by atoms with van der Waals surface area (Å²) >= 11 is 0. The summed E-state index contributed by atoms with van der Waals surface area (Å²) in [5.74, 6) is -1.25. The van der Waals surface area contributed by atoms with Gasteiger partial charge in [-0.2, -0.15) is 0 Å². The van der Waals surface area contributed by atoms with E-state index < -0.39 is 17.7 Å². The van der Waals surface area contributed by atoms with Crippen molar-refractivity contribution in [2.45, 2.75) is 30.8 Å². The quantitative estimate of drug-likeness (QED) is 0.594. The Hall–Kier alpha value is -3.43. The largest absolute Gasteiger partial charge is 0.395 e. The highest BCUT2D eigenvalue weighted by atomic mass is 19.1. The van der Waals surface area contributed by atoms with Crippen LogP contribution in [0, 0.1) is 11.6 Å². The molecule has 2 aliphatic heterocycles. The van der Waals surface area contributed by atoms with Gasteiger partial charge in [0.05, 0.1) is 12.3 Å². The number of hydrogen-bond acceptors (Lipinski definition) is 5. The van der Waals surface area contributed by atoms with Gasteiger partial charge in [0.1, 0.15) is 18.0 Å². The fourth-order valence-electron chi connectivity index (χ4n) is 5.26. The second-order valence-corrected chi connectivity index (χ2v) is 9.04. The van der Waals surface area contributed by atoms with Crippen LogP contribution in [0.5, 0.6) is 0 Å². The summed E-state index contributed by atoms with van der Waals surface area (Å²) in [6, 6.07) is 10.7. The third-order valence-electron chi connectivity index (χ3n) is 7.02. The number of aliphatic hydroxyl groups excluding tert-OH is 1. The lowest BCUT2D eigenvalue weighted by Crippen LogP contribution is -2.68. The zero-order valence-corrected chi connectivity index (χ0v) is 19.1. The van der Waals surface area contributed by atoms with Crippen LogP contribution in [-0.4, -0.2) is 69.2 Å². The van der Waals surface area contributed by atoms with Crippen molar-refractivity contribution in [1.29, 1.82) is 0 Å². The standard InChI is InChI=1S/C26H27F2N5O2/c27-20-7-8-21(28)22(11-20)31-26(35)32-9-1-2-10-33-23(14-32)25(24(33)15-34)18-5-3-17(4-6-18)19-12-29-16-30-13-19/h3-8,11-13,16,23-25,34H,1-2,9-10,14-15H2,(H,31,35)/t23-,24-,25+/m0/s1. The SMILES string of the molecule is O=C(Nc1cc(F)ccc1F)N1CCCCN2[C@@H](CO)[C@H](c3ccc(-c4cncnc4)cc3)[C@@H]2C1. The van der Waals surface area contributed by atoms with Gasteiger partial charge >= 0.3 is 6.03 Å². The molecule has 2 aliphatic rings. The molecule has 7 nitrogen and oxygen atoms in total. The van der Waals surface area contributed by atoms with Crippen molar-refractivity contribution in [3.8, 4) is 11.1 Å². The molecule has 35 heavy (non-hydrogen) atoms. The number of fused-ring (bicyclic) bond motifs is 1. The minimum absolute atomic E-state index is 0.0152. The summed E-state index contributed by atoms with van der Waals surface area (Å²) in [5, 5.41) is 12.7. The van der Waals surface area contributed by atoms with Crippen LogP contribution in [0.15, 0.2) is 61.2 Å². The second-order valence-electron chi connectivity index (χ2n) is 9.04. The van der Waals surface area contributed by atoms with Crippen molar-refractivity contribution in [3.05, 3.63) is 78.4 Å². The number of rotatable bonds is 4. The van der Waals surface area contributed by atoms with Crippen molar-refractivity contribution in [2.75, 3.05) is 31.6 Å². The number of carbonyl (C=O) groups is 1. The molecule has 3 atom stereocenters. The molecule has 1 aromatic heterocycles. The molecule has 2 amide bonds. The number of amides is 2. The number of carbonyl (C=O) groups excluding carboxylic acids is 1. The molecule has 9 heteroatoms. The van der Waals surface area contributed by atoms with Gasteiger partial charge in [-0.1, -0.05) is 24.3 Å². The first kappa shape index (κ1) is 23.3. The van der Waals surface area contributed by atoms with E-state index in [1.165, 1.54) is 6.33 Å². The summed E-state index contributed by atoms with van der Waals surface area (Å²) in [5.41, 5.74) is 2.84. The molecule has 0 spiro atoms. The van der Waals surface area contributed by atoms with Gasteiger partial charge in [-0.25, -0.2) is 23.5 Å². The second kappa shape index (κ2) is 10.1. The maximum Gasteiger partial charge on any atom is 0.321 e. The first-order valence-corrected chi connectivity index (χ1v) is 11.8. The number of benzene rings is 2. The topological polar surface area (TPSA) is 81.6 Å². The number of nitrogens with one attached hydrogen (secondary N) is 1. The molecule has 0 saturated carbocycles. The van der Waals surface area contributed by atoms with E-state index in [1.807, 2.05) is 12.1 Å². The lowest BCUT2D eigenvalue weighted by atomic mass is 9.74. The zero-order valence-electron chi connectivity index (χ0n) is 19.1. The Bertz CT molecular complexity index is 1180. The molecular formula is C26H27F2N5O2. The monoisotopic (exact) mass is 479 g/mol. The summed E-state index contributed by atoms with van der Waals surface area (Å²) in [7, 11) is 0. The van der Waals surface area contributed by atoms with Gasteiger partial charge < -0.3 is 15.3 Å². The van der Waals surface area contributed by atoms with Crippen LogP contribution in [0.1, 0.15) is 24.3 Å². The van der Waals surface area contributed by atoms with Crippen LogP contribution in [0.25, 0.3) is 11.1 Å². The van der Waals surface area contributed by atoms with Crippen LogP contribution < -0.4 is 5.32 Å². The summed E-state index contributed by atoms with van der Waals surface area (Å²) in [4.78, 5) is 25.1. The zero-order chi connectivity index (χ0) is 24.4. The molecule has 2 aromatic carbocycles. The van der Waals surface area contributed by atoms with Crippen molar-refractivity contribution >= 4 is 11.7 Å². The average Bonchev–Trinajstić information content (AvgIpc) is 2.86. The maximum absolute atomic E-state index is 14.1. The number of hydrogen-bond donors (Lipinski definition) is 2. The Kier molecular flexibility index (Phi) is 6.70. The molecule has 182 valence electrons. The molecule has 0 aliphatic carbocycles. The number of anilines is 1. The van der Waals surface area contributed by atoms with E-state index in [1.54, 1.807) is 17.3 Å². The first-order chi connectivity index (χ1) is 17.0. The van der Waals surface area contributed by atoms with Gasteiger partial charge in [0, 0.05) is 55.1 Å². The third-order valence-corrected chi connectivity index (χ3v) is 7.02. The van der Waals surface area contributed by atoms with Crippen molar-refractivity contribution < 1.29 is 18.7 Å². The molecular weight excluding hydrogens is 452 g/mol. The molecule has 5 rings (SSSR count). The van der Waals surface area contributed by atoms with Crippen LogP contribution in [-0.2, 0) is 0 Å². The van der Waals surface area contributed by atoms with Crippen molar-refractivity contribution in [1.82, 2.24) is 19.8 Å². The molecule has 0 bridgehead atoms. The fourth-order valence-corrected chi connectivity index (χ4v) is 5.26. The molecule has 0 radical (unpaired) electrons. The predicted molar refractivity (Wildman–Crippen MR) is 128 cm³/mol. The smallest absolute Gasteiger partial charge is 0.321 e. The summed E-state index contributed by atoms with van der Waals surface area (Å²) < 4.78 is 27.7. The minimum atomic E-state index is -0.681. The average molecular weight is 480 g/mol. The molecule has 2 saturated heterocycles. The maximum atomic E-state index is 14.1. The van der Waals surface area contributed by atoms with Gasteiger partial charge in [-0.05, 0) is 42.6 Å². The Morgan fingerprint density at radius 2 is 1.77 bits per heavy atom. The third kappa shape index (κ3) is 4.74. The Morgan fingerprint density at radius 1 is 1.03 bits per heavy atom. The highest BCUT2D eigenvalue weighted by Gasteiger charge is 2.49. The van der Waals surface area contributed by atoms with E-state index in [0.717, 1.165) is 54.3 Å². The highest BCUT2D eigenvalue weighted by Crippen LogP contribution is 2.42. The number of aliphatic hydroxyl groups is 1. The van der Waals surface area contributed by atoms with Crippen LogP contribution in [0.3, 0.4) is 0 Å². The summed E-state index contributed by atoms with van der Waals surface area (Å²) in [6.45, 7) is 1.82. The van der Waals surface area contributed by atoms with E-state index in [4.69, 9.17) is 0 Å². The van der Waals surface area contributed by atoms with Gasteiger partial charge in [-0.15, -0.1) is 0 Å². The molecule has 3 aromatic rings. The van der Waals surface area contributed by atoms with Gasteiger partial charge in [0.2, 0.25) is 0 Å². The normalized spacial score (nSPS) is 22.5. The van der Waals surface area contributed by atoms with E-state index in [2.05, 4.69) is 32.3 Å². The number of aromatic nitrogens is 2. The van der Waals surface area contributed by atoms with Gasteiger partial charge in [-0.3, -0.25) is 4.90 Å². The van der Waals surface area contributed by atoms with E-state index in [9.17, 15) is 18.7 Å². The number of urea groups is 1. The summed E-state index contributed by atoms with van der Waals surface area (Å²) in [6.07, 6.45) is 6.68. The van der Waals surface area contributed by atoms with Crippen LogP contribution >= 0.6 is 0 Å². The van der Waals surface area contributed by atoms with Gasteiger partial charge in [0.25, 0.3) is 0 Å². The van der Waals surface area contributed by atoms with E-state index in [0.29, 0.717) is 13.1 Å². The first-order valence-electron chi connectivity index (χ1n) is 11.8. The molecule has 2 N–H and O–H groups in total. The van der Waals surface area contributed by atoms with Crippen molar-refractivity contribution in [2.24, 2.45) is 0 Å². The molecule has 0 unspecified atom stereocenters. The molecule has 3 heterocycles. The predicted octanol–water partition coefficient (Wildman–Crippen LogP) is 3.88. The van der Waals surface area contributed by atoms with Crippen LogP contribution in [0.2, 0.25) is 0 Å². The number of halogens is 2.